The van der Waals surface area contributed by atoms with E-state index >= 15 is 4.39 Å². The molecule has 9 nitrogen and oxygen atoms in total. The summed E-state index contributed by atoms with van der Waals surface area (Å²) >= 11 is 0. The summed E-state index contributed by atoms with van der Waals surface area (Å²) in [5.74, 6) is -1.27. The normalized spacial score (nSPS) is 21.8. The van der Waals surface area contributed by atoms with Crippen molar-refractivity contribution in [1.29, 1.82) is 0 Å². The summed E-state index contributed by atoms with van der Waals surface area (Å²) in [6.07, 6.45) is -4.36. The number of likely N-dealkylation sites (tertiary alicyclic amines) is 1. The van der Waals surface area contributed by atoms with E-state index < -0.39 is 34.7 Å². The van der Waals surface area contributed by atoms with Gasteiger partial charge in [0, 0.05) is 54.5 Å². The van der Waals surface area contributed by atoms with Crippen LogP contribution in [0.3, 0.4) is 0 Å². The molecule has 41 heavy (non-hydrogen) atoms. The Kier molecular flexibility index (Phi) is 6.93. The maximum Gasteiger partial charge on any atom is 0.433 e. The van der Waals surface area contributed by atoms with Crippen molar-refractivity contribution in [2.24, 2.45) is 5.41 Å². The SMILES string of the molecule is Cc1nc2ccc(C3(O)CCN(Cc4ccc(C(F)(F)F)nc4N)CC3(C)C)c(F)c2cc1N1CCC(=O)NC1=O. The number of urea groups is 1. The van der Waals surface area contributed by atoms with Crippen molar-refractivity contribution in [3.63, 3.8) is 0 Å². The number of imide groups is 1. The van der Waals surface area contributed by atoms with Crippen LogP contribution in [-0.4, -0.2) is 51.5 Å². The molecule has 2 saturated heterocycles. The number of aryl methyl sites for hydroxylation is 1. The lowest BCUT2D eigenvalue weighted by atomic mass is 9.66. The number of nitrogens with two attached hydrogens (primary N) is 1. The van der Waals surface area contributed by atoms with Gasteiger partial charge in [0.1, 0.15) is 17.3 Å². The maximum absolute atomic E-state index is 16.2. The molecule has 3 amide bonds. The number of hydrogen-bond donors (Lipinski definition) is 3. The van der Waals surface area contributed by atoms with Crippen molar-refractivity contribution in [3.05, 3.63) is 58.7 Å². The van der Waals surface area contributed by atoms with Crippen molar-refractivity contribution in [2.45, 2.75) is 51.9 Å². The summed E-state index contributed by atoms with van der Waals surface area (Å²) in [4.78, 5) is 35.3. The van der Waals surface area contributed by atoms with Crippen molar-refractivity contribution < 1.29 is 32.3 Å². The van der Waals surface area contributed by atoms with Crippen LogP contribution in [0.25, 0.3) is 10.9 Å². The van der Waals surface area contributed by atoms with E-state index in [1.807, 2.05) is 4.90 Å². The Morgan fingerprint density at radius 3 is 2.49 bits per heavy atom. The molecule has 1 unspecified atom stereocenters. The molecular formula is C28H30F4N6O3. The van der Waals surface area contributed by atoms with Gasteiger partial charge in [-0.25, -0.2) is 14.2 Å². The van der Waals surface area contributed by atoms with Crippen molar-refractivity contribution in [1.82, 2.24) is 20.2 Å². The summed E-state index contributed by atoms with van der Waals surface area (Å²) in [6, 6.07) is 6.23. The maximum atomic E-state index is 16.2. The number of carbonyl (C=O) groups is 2. The summed E-state index contributed by atoms with van der Waals surface area (Å²) in [6.45, 7) is 6.24. The van der Waals surface area contributed by atoms with E-state index in [0.717, 1.165) is 6.07 Å². The van der Waals surface area contributed by atoms with Crippen LogP contribution in [0.15, 0.2) is 30.3 Å². The van der Waals surface area contributed by atoms with Crippen LogP contribution >= 0.6 is 0 Å². The minimum absolute atomic E-state index is 0.0836. The summed E-state index contributed by atoms with van der Waals surface area (Å²) in [5.41, 5.74) is 3.99. The first kappa shape index (κ1) is 28.7. The van der Waals surface area contributed by atoms with Crippen LogP contribution in [0.5, 0.6) is 0 Å². The molecule has 4 heterocycles. The number of fused-ring (bicyclic) bond motifs is 1. The first-order chi connectivity index (χ1) is 19.1. The Hall–Kier alpha value is -3.84. The highest BCUT2D eigenvalue weighted by molar-refractivity contribution is 6.06. The Labute approximate surface area is 233 Å². The van der Waals surface area contributed by atoms with Gasteiger partial charge in [-0.05, 0) is 31.5 Å². The molecule has 0 aliphatic carbocycles. The fourth-order valence-electron chi connectivity index (χ4n) is 5.78. The Balaban J connectivity index is 1.43. The van der Waals surface area contributed by atoms with Crippen LogP contribution in [0, 0.1) is 18.2 Å². The molecule has 1 aromatic carbocycles. The number of benzene rings is 1. The largest absolute Gasteiger partial charge is 0.433 e. The summed E-state index contributed by atoms with van der Waals surface area (Å²) < 4.78 is 55.2. The Bertz CT molecular complexity index is 1560. The van der Waals surface area contributed by atoms with Gasteiger partial charge in [-0.2, -0.15) is 13.2 Å². The highest BCUT2D eigenvalue weighted by atomic mass is 19.4. The second kappa shape index (κ2) is 9.91. The van der Waals surface area contributed by atoms with Crippen LogP contribution in [0.2, 0.25) is 0 Å². The predicted octanol–water partition coefficient (Wildman–Crippen LogP) is 4.24. The van der Waals surface area contributed by atoms with Crippen LogP contribution in [0.4, 0.5) is 33.9 Å². The number of rotatable bonds is 4. The van der Waals surface area contributed by atoms with Gasteiger partial charge in [0.25, 0.3) is 0 Å². The molecule has 5 rings (SSSR count). The van der Waals surface area contributed by atoms with Crippen molar-refractivity contribution in [3.8, 4) is 0 Å². The van der Waals surface area contributed by atoms with E-state index in [0.29, 0.717) is 35.6 Å². The van der Waals surface area contributed by atoms with E-state index in [9.17, 15) is 27.9 Å². The average molecular weight is 575 g/mol. The van der Waals surface area contributed by atoms with Gasteiger partial charge in [0.15, 0.2) is 0 Å². The molecule has 13 heteroatoms. The van der Waals surface area contributed by atoms with Crippen molar-refractivity contribution in [2.75, 3.05) is 30.3 Å². The van der Waals surface area contributed by atoms with Gasteiger partial charge in [-0.15, -0.1) is 0 Å². The number of carbonyl (C=O) groups excluding carboxylic acids is 2. The zero-order valence-electron chi connectivity index (χ0n) is 22.8. The molecule has 1 atom stereocenters. The van der Waals surface area contributed by atoms with Crippen molar-refractivity contribution >= 4 is 34.3 Å². The Morgan fingerprint density at radius 2 is 1.85 bits per heavy atom. The van der Waals surface area contributed by atoms with Crippen LogP contribution in [0.1, 0.15) is 49.2 Å². The van der Waals surface area contributed by atoms with Gasteiger partial charge in [-0.1, -0.05) is 26.0 Å². The second-order valence-electron chi connectivity index (χ2n) is 11.3. The monoisotopic (exact) mass is 574 g/mol. The van der Waals surface area contributed by atoms with Crippen LogP contribution < -0.4 is 16.0 Å². The lowest BCUT2D eigenvalue weighted by Crippen LogP contribution is -2.55. The first-order valence-electron chi connectivity index (χ1n) is 13.1. The average Bonchev–Trinajstić information content (AvgIpc) is 2.87. The van der Waals surface area contributed by atoms with E-state index in [1.54, 1.807) is 26.8 Å². The highest BCUT2D eigenvalue weighted by Crippen LogP contribution is 2.48. The third kappa shape index (κ3) is 5.08. The number of nitrogens with one attached hydrogen (secondary N) is 1. The highest BCUT2D eigenvalue weighted by Gasteiger charge is 2.50. The van der Waals surface area contributed by atoms with E-state index in [2.05, 4.69) is 15.3 Å². The number of halogens is 4. The predicted molar refractivity (Wildman–Crippen MR) is 143 cm³/mol. The molecule has 0 saturated carbocycles. The number of piperidine rings is 1. The molecule has 0 radical (unpaired) electrons. The van der Waals surface area contributed by atoms with Gasteiger partial charge in [0.05, 0.1) is 22.5 Å². The van der Waals surface area contributed by atoms with Gasteiger partial charge in [0.2, 0.25) is 5.91 Å². The first-order valence-corrected chi connectivity index (χ1v) is 13.1. The summed E-state index contributed by atoms with van der Waals surface area (Å²) in [5, 5.41) is 14.3. The van der Waals surface area contributed by atoms with E-state index in [1.165, 1.54) is 23.1 Å². The van der Waals surface area contributed by atoms with Gasteiger partial charge < -0.3 is 10.8 Å². The topological polar surface area (TPSA) is 125 Å². The number of nitrogen functional groups attached to an aromatic ring is 1. The quantitative estimate of drug-likeness (QED) is 0.398. The van der Waals surface area contributed by atoms with Crippen LogP contribution in [-0.2, 0) is 23.1 Å². The molecular weight excluding hydrogens is 544 g/mol. The summed E-state index contributed by atoms with van der Waals surface area (Å²) in [7, 11) is 0. The minimum Gasteiger partial charge on any atom is -0.384 e. The number of nitrogens with zero attached hydrogens (tertiary/aromatic N) is 4. The molecule has 2 fully saturated rings. The smallest absolute Gasteiger partial charge is 0.384 e. The number of amides is 3. The minimum atomic E-state index is -4.60. The van der Waals surface area contributed by atoms with Gasteiger partial charge in [-0.3, -0.25) is 24.9 Å². The lowest BCUT2D eigenvalue weighted by Gasteiger charge is -2.50. The number of aliphatic hydroxyl groups is 1. The number of anilines is 2. The molecule has 0 spiro atoms. The molecule has 2 aromatic heterocycles. The number of hydrogen-bond acceptors (Lipinski definition) is 7. The molecule has 3 aromatic rings. The second-order valence-corrected chi connectivity index (χ2v) is 11.3. The fraction of sp³-hybridized carbons (Fsp3) is 0.429. The van der Waals surface area contributed by atoms with E-state index in [4.69, 9.17) is 5.73 Å². The standard InChI is InChI=1S/C28H30F4N6O3/c1-15-20(38-10-8-22(39)36-25(38)40)12-17-19(34-15)6-5-18(23(17)29)27(41)9-11-37(14-26(27,2)3)13-16-4-7-21(28(30,31)32)35-24(16)33/h4-7,12,41H,8-11,13-14H2,1-3H3,(H2,33,35)(H,36,39,40). The molecule has 0 bridgehead atoms. The lowest BCUT2D eigenvalue weighted by molar-refractivity contribution is -0.141. The van der Waals surface area contributed by atoms with Gasteiger partial charge >= 0.3 is 12.2 Å². The number of pyridine rings is 2. The molecule has 4 N–H and O–H groups in total. The third-order valence-electron chi connectivity index (χ3n) is 8.11. The third-order valence-corrected chi connectivity index (χ3v) is 8.11. The zero-order chi connectivity index (χ0) is 29.9. The molecule has 218 valence electrons. The number of alkyl halides is 3. The molecule has 2 aliphatic heterocycles. The Morgan fingerprint density at radius 1 is 1.12 bits per heavy atom. The zero-order valence-corrected chi connectivity index (χ0v) is 22.8. The number of aromatic nitrogens is 2. The fourth-order valence-corrected chi connectivity index (χ4v) is 5.78. The molecule has 2 aliphatic rings. The van der Waals surface area contributed by atoms with E-state index in [-0.39, 0.29) is 48.6 Å².